The molecule has 2 heterocycles. The fraction of sp³-hybridized carbons (Fsp3) is 0.0625. The van der Waals surface area contributed by atoms with Crippen molar-refractivity contribution in [1.82, 2.24) is 14.5 Å². The Morgan fingerprint density at radius 1 is 1.23 bits per heavy atom. The smallest absolute Gasteiger partial charge is 0.256 e. The van der Waals surface area contributed by atoms with Crippen LogP contribution in [-0.4, -0.2) is 26.7 Å². The van der Waals surface area contributed by atoms with E-state index in [-0.39, 0.29) is 5.91 Å². The minimum Gasteiger partial charge on any atom is -0.321 e. The van der Waals surface area contributed by atoms with Crippen LogP contribution in [0.4, 0.5) is 5.69 Å². The standard InChI is InChI=1S/C16H14N4OS/c1-22-14-5-3-2-4-13(14)16(21)19-12-6-7-15(18-10-12)20-9-8-17-11-20/h2-11H,1H3,(H,19,21). The van der Waals surface area contributed by atoms with Gasteiger partial charge < -0.3 is 5.32 Å². The van der Waals surface area contributed by atoms with Gasteiger partial charge in [0.1, 0.15) is 12.1 Å². The van der Waals surface area contributed by atoms with E-state index in [1.807, 2.05) is 48.9 Å². The maximum absolute atomic E-state index is 12.3. The molecule has 22 heavy (non-hydrogen) atoms. The van der Waals surface area contributed by atoms with Gasteiger partial charge in [-0.3, -0.25) is 9.36 Å². The van der Waals surface area contributed by atoms with Gasteiger partial charge in [0.25, 0.3) is 5.91 Å². The van der Waals surface area contributed by atoms with Crippen molar-refractivity contribution in [2.75, 3.05) is 11.6 Å². The first-order chi connectivity index (χ1) is 10.8. The van der Waals surface area contributed by atoms with E-state index in [1.165, 1.54) is 0 Å². The van der Waals surface area contributed by atoms with E-state index < -0.39 is 0 Å². The van der Waals surface area contributed by atoms with Crippen molar-refractivity contribution in [3.05, 3.63) is 66.9 Å². The lowest BCUT2D eigenvalue weighted by Crippen LogP contribution is -2.13. The molecule has 3 aromatic rings. The molecule has 0 spiro atoms. The van der Waals surface area contributed by atoms with Crippen LogP contribution in [0.2, 0.25) is 0 Å². The Hall–Kier alpha value is -2.60. The number of hydrogen-bond acceptors (Lipinski definition) is 4. The Morgan fingerprint density at radius 2 is 2.09 bits per heavy atom. The maximum atomic E-state index is 12.3. The first kappa shape index (κ1) is 14.3. The molecule has 6 heteroatoms. The second-order valence-corrected chi connectivity index (χ2v) is 5.38. The van der Waals surface area contributed by atoms with E-state index >= 15 is 0 Å². The third-order valence-corrected chi connectivity index (χ3v) is 3.92. The van der Waals surface area contributed by atoms with Crippen molar-refractivity contribution in [2.24, 2.45) is 0 Å². The van der Waals surface area contributed by atoms with Gasteiger partial charge in [-0.25, -0.2) is 9.97 Å². The highest BCUT2D eigenvalue weighted by molar-refractivity contribution is 7.98. The number of carbonyl (C=O) groups is 1. The third-order valence-electron chi connectivity index (χ3n) is 3.13. The molecule has 3 rings (SSSR count). The zero-order valence-electron chi connectivity index (χ0n) is 11.9. The molecule has 0 radical (unpaired) electrons. The normalized spacial score (nSPS) is 10.4. The fourth-order valence-corrected chi connectivity index (χ4v) is 2.63. The lowest BCUT2D eigenvalue weighted by atomic mass is 10.2. The number of hydrogen-bond donors (Lipinski definition) is 1. The second kappa shape index (κ2) is 6.44. The predicted octanol–water partition coefficient (Wildman–Crippen LogP) is 3.24. The summed E-state index contributed by atoms with van der Waals surface area (Å²) < 4.78 is 1.80. The summed E-state index contributed by atoms with van der Waals surface area (Å²) in [5.41, 5.74) is 1.32. The number of amides is 1. The number of benzene rings is 1. The van der Waals surface area contributed by atoms with Crippen molar-refractivity contribution >= 4 is 23.4 Å². The highest BCUT2D eigenvalue weighted by Gasteiger charge is 2.10. The van der Waals surface area contributed by atoms with Crippen molar-refractivity contribution in [3.8, 4) is 5.82 Å². The Labute approximate surface area is 132 Å². The molecule has 2 aromatic heterocycles. The molecule has 0 saturated heterocycles. The molecule has 5 nitrogen and oxygen atoms in total. The molecule has 0 aliphatic carbocycles. The summed E-state index contributed by atoms with van der Waals surface area (Å²) in [7, 11) is 0. The molecule has 0 fully saturated rings. The van der Waals surface area contributed by atoms with Gasteiger partial charge in [-0.05, 0) is 30.5 Å². The molecule has 1 amide bonds. The molecule has 0 atom stereocenters. The van der Waals surface area contributed by atoms with Gasteiger partial charge in [-0.1, -0.05) is 12.1 Å². The minimum absolute atomic E-state index is 0.137. The lowest BCUT2D eigenvalue weighted by Gasteiger charge is -2.09. The molecule has 1 aromatic carbocycles. The molecule has 0 aliphatic heterocycles. The summed E-state index contributed by atoms with van der Waals surface area (Å²) in [5, 5.41) is 2.87. The van der Waals surface area contributed by atoms with Crippen LogP contribution in [-0.2, 0) is 0 Å². The van der Waals surface area contributed by atoms with E-state index in [9.17, 15) is 4.79 Å². The topological polar surface area (TPSA) is 59.8 Å². The first-order valence-corrected chi connectivity index (χ1v) is 7.89. The van der Waals surface area contributed by atoms with Gasteiger partial charge in [0, 0.05) is 17.3 Å². The van der Waals surface area contributed by atoms with Crippen LogP contribution in [0.3, 0.4) is 0 Å². The molecular weight excluding hydrogens is 296 g/mol. The highest BCUT2D eigenvalue weighted by atomic mass is 32.2. The summed E-state index contributed by atoms with van der Waals surface area (Å²) in [6.07, 6.45) is 8.77. The number of anilines is 1. The Kier molecular flexibility index (Phi) is 4.20. The maximum Gasteiger partial charge on any atom is 0.256 e. The van der Waals surface area contributed by atoms with E-state index in [4.69, 9.17) is 0 Å². The average Bonchev–Trinajstić information content (AvgIpc) is 3.10. The van der Waals surface area contributed by atoms with Crippen LogP contribution in [0.25, 0.3) is 5.82 Å². The zero-order chi connectivity index (χ0) is 15.4. The predicted molar refractivity (Wildman–Crippen MR) is 87.5 cm³/mol. The number of aromatic nitrogens is 3. The van der Waals surface area contributed by atoms with Crippen molar-refractivity contribution in [3.63, 3.8) is 0 Å². The summed E-state index contributed by atoms with van der Waals surface area (Å²) in [4.78, 5) is 21.6. The number of thioether (sulfide) groups is 1. The van der Waals surface area contributed by atoms with Gasteiger partial charge >= 0.3 is 0 Å². The average molecular weight is 310 g/mol. The molecular formula is C16H14N4OS. The van der Waals surface area contributed by atoms with Crippen molar-refractivity contribution in [2.45, 2.75) is 4.90 Å². The highest BCUT2D eigenvalue weighted by Crippen LogP contribution is 2.21. The van der Waals surface area contributed by atoms with E-state index in [0.29, 0.717) is 11.3 Å². The third kappa shape index (κ3) is 3.01. The Morgan fingerprint density at radius 3 is 2.77 bits per heavy atom. The van der Waals surface area contributed by atoms with Crippen LogP contribution < -0.4 is 5.32 Å². The summed E-state index contributed by atoms with van der Waals surface area (Å²) in [5.74, 6) is 0.613. The quantitative estimate of drug-likeness (QED) is 0.752. The van der Waals surface area contributed by atoms with Crippen LogP contribution >= 0.6 is 11.8 Å². The summed E-state index contributed by atoms with van der Waals surface area (Å²) >= 11 is 1.55. The van der Waals surface area contributed by atoms with Gasteiger partial charge in [-0.15, -0.1) is 11.8 Å². The van der Waals surface area contributed by atoms with E-state index in [2.05, 4.69) is 15.3 Å². The number of rotatable bonds is 4. The monoisotopic (exact) mass is 310 g/mol. The van der Waals surface area contributed by atoms with Crippen LogP contribution in [0.1, 0.15) is 10.4 Å². The van der Waals surface area contributed by atoms with Gasteiger partial charge in [0.2, 0.25) is 0 Å². The SMILES string of the molecule is CSc1ccccc1C(=O)Nc1ccc(-n2ccnc2)nc1. The van der Waals surface area contributed by atoms with Crippen LogP contribution in [0.15, 0.2) is 66.2 Å². The van der Waals surface area contributed by atoms with Crippen LogP contribution in [0, 0.1) is 0 Å². The zero-order valence-corrected chi connectivity index (χ0v) is 12.7. The molecule has 1 N–H and O–H groups in total. The van der Waals surface area contributed by atoms with Gasteiger partial charge in [-0.2, -0.15) is 0 Å². The van der Waals surface area contributed by atoms with Crippen LogP contribution in [0.5, 0.6) is 0 Å². The molecule has 110 valence electrons. The number of carbonyl (C=O) groups excluding carboxylic acids is 1. The Balaban J connectivity index is 1.77. The summed E-state index contributed by atoms with van der Waals surface area (Å²) in [6.45, 7) is 0. The molecule has 0 bridgehead atoms. The molecule has 0 unspecified atom stereocenters. The van der Waals surface area contributed by atoms with E-state index in [0.717, 1.165) is 10.7 Å². The first-order valence-electron chi connectivity index (χ1n) is 6.66. The van der Waals surface area contributed by atoms with E-state index in [1.54, 1.807) is 35.0 Å². The number of imidazole rings is 1. The second-order valence-electron chi connectivity index (χ2n) is 4.53. The summed E-state index contributed by atoms with van der Waals surface area (Å²) in [6, 6.07) is 11.2. The van der Waals surface area contributed by atoms with Crippen molar-refractivity contribution in [1.29, 1.82) is 0 Å². The number of nitrogens with one attached hydrogen (secondary N) is 1. The number of pyridine rings is 1. The fourth-order valence-electron chi connectivity index (χ4n) is 2.04. The molecule has 0 aliphatic rings. The number of nitrogens with zero attached hydrogens (tertiary/aromatic N) is 3. The van der Waals surface area contributed by atoms with Gasteiger partial charge in [0.05, 0.1) is 17.4 Å². The lowest BCUT2D eigenvalue weighted by molar-refractivity contribution is 0.102. The van der Waals surface area contributed by atoms with Crippen molar-refractivity contribution < 1.29 is 4.79 Å². The Bertz CT molecular complexity index is 769. The van der Waals surface area contributed by atoms with Gasteiger partial charge in [0.15, 0.2) is 0 Å². The molecule has 0 saturated carbocycles. The minimum atomic E-state index is -0.137. The largest absolute Gasteiger partial charge is 0.321 e.